The fourth-order valence-corrected chi connectivity index (χ4v) is 2.91. The van der Waals surface area contributed by atoms with E-state index in [9.17, 15) is 4.79 Å². The number of ether oxygens (including phenoxy) is 1. The molecule has 124 valence electrons. The molecule has 0 spiro atoms. The lowest BCUT2D eigenvalue weighted by atomic mass is 10.2. The molecule has 0 aliphatic heterocycles. The van der Waals surface area contributed by atoms with Gasteiger partial charge in [0, 0.05) is 29.3 Å². The van der Waals surface area contributed by atoms with Crippen molar-refractivity contribution in [1.82, 2.24) is 4.57 Å². The first-order valence-corrected chi connectivity index (χ1v) is 8.30. The minimum Gasteiger partial charge on any atom is -0.494 e. The molecule has 0 bridgehead atoms. The highest BCUT2D eigenvalue weighted by Gasteiger charge is 2.15. The average Bonchev–Trinajstić information content (AvgIpc) is 2.99. The Labute approximate surface area is 142 Å². The van der Waals surface area contributed by atoms with E-state index in [0.717, 1.165) is 22.3 Å². The summed E-state index contributed by atoms with van der Waals surface area (Å²) in [6, 6.07) is 17.8. The molecule has 4 heteroatoms. The van der Waals surface area contributed by atoms with Crippen molar-refractivity contribution in [1.29, 1.82) is 0 Å². The molecule has 0 aliphatic carbocycles. The Morgan fingerprint density at radius 1 is 1.08 bits per heavy atom. The summed E-state index contributed by atoms with van der Waals surface area (Å²) < 4.78 is 7.52. The number of hydrogen-bond donors (Lipinski definition) is 0. The molecule has 0 unspecified atom stereocenters. The number of likely N-dealkylation sites (N-methyl/N-ethyl adjacent to an activating group) is 1. The van der Waals surface area contributed by atoms with Crippen LogP contribution in [-0.4, -0.2) is 23.6 Å². The van der Waals surface area contributed by atoms with Crippen molar-refractivity contribution in [3.63, 3.8) is 0 Å². The number of rotatable bonds is 6. The molecule has 0 saturated heterocycles. The Bertz CT molecular complexity index is 824. The third kappa shape index (κ3) is 3.27. The van der Waals surface area contributed by atoms with Crippen LogP contribution < -0.4 is 9.64 Å². The molecule has 1 amide bonds. The van der Waals surface area contributed by atoms with E-state index >= 15 is 0 Å². The van der Waals surface area contributed by atoms with Crippen molar-refractivity contribution in [2.45, 2.75) is 20.4 Å². The van der Waals surface area contributed by atoms with E-state index in [-0.39, 0.29) is 5.91 Å². The van der Waals surface area contributed by atoms with Gasteiger partial charge in [-0.15, -0.1) is 0 Å². The maximum Gasteiger partial charge on any atom is 0.246 e. The van der Waals surface area contributed by atoms with Crippen molar-refractivity contribution >= 4 is 22.5 Å². The maximum atomic E-state index is 12.7. The standard InChI is InChI=1S/C20H22N2O2/c1-3-22(17-8-6-5-7-9-17)20(23)15-21-13-12-16-14-18(24-4-2)10-11-19(16)21/h5-14H,3-4,15H2,1-2H3. The zero-order chi connectivity index (χ0) is 16.9. The van der Waals surface area contributed by atoms with Gasteiger partial charge >= 0.3 is 0 Å². The van der Waals surface area contributed by atoms with Crippen molar-refractivity contribution in [2.24, 2.45) is 0 Å². The second-order valence-corrected chi connectivity index (χ2v) is 5.57. The molecule has 0 radical (unpaired) electrons. The molecule has 0 N–H and O–H groups in total. The van der Waals surface area contributed by atoms with E-state index in [1.807, 2.05) is 79.2 Å². The lowest BCUT2D eigenvalue weighted by Gasteiger charge is -2.21. The van der Waals surface area contributed by atoms with E-state index in [1.54, 1.807) is 4.90 Å². The average molecular weight is 322 g/mol. The Morgan fingerprint density at radius 3 is 2.58 bits per heavy atom. The fraction of sp³-hybridized carbons (Fsp3) is 0.250. The van der Waals surface area contributed by atoms with Crippen molar-refractivity contribution < 1.29 is 9.53 Å². The molecule has 0 fully saturated rings. The van der Waals surface area contributed by atoms with Gasteiger partial charge in [0.05, 0.1) is 6.61 Å². The van der Waals surface area contributed by atoms with Gasteiger partial charge in [0.15, 0.2) is 0 Å². The van der Waals surface area contributed by atoms with Crippen LogP contribution in [0.15, 0.2) is 60.8 Å². The SMILES string of the molecule is CCOc1ccc2c(ccn2CC(=O)N(CC)c2ccccc2)c1. The molecule has 3 rings (SSSR count). The number of carbonyl (C=O) groups excluding carboxylic acids is 1. The predicted molar refractivity (Wildman–Crippen MR) is 97.6 cm³/mol. The summed E-state index contributed by atoms with van der Waals surface area (Å²) in [6.07, 6.45) is 1.96. The van der Waals surface area contributed by atoms with Crippen LogP contribution in [-0.2, 0) is 11.3 Å². The van der Waals surface area contributed by atoms with Crippen molar-refractivity contribution in [3.05, 3.63) is 60.8 Å². The molecule has 4 nitrogen and oxygen atoms in total. The molecule has 0 atom stereocenters. The van der Waals surface area contributed by atoms with Crippen molar-refractivity contribution in [3.8, 4) is 5.75 Å². The largest absolute Gasteiger partial charge is 0.494 e. The van der Waals surface area contributed by atoms with E-state index in [4.69, 9.17) is 4.74 Å². The number of para-hydroxylation sites is 1. The topological polar surface area (TPSA) is 34.5 Å². The normalized spacial score (nSPS) is 10.8. The van der Waals surface area contributed by atoms with Gasteiger partial charge in [0.25, 0.3) is 0 Å². The maximum absolute atomic E-state index is 12.7. The van der Waals surface area contributed by atoms with E-state index in [1.165, 1.54) is 0 Å². The van der Waals surface area contributed by atoms with Gasteiger partial charge < -0.3 is 14.2 Å². The van der Waals surface area contributed by atoms with Crippen LogP contribution in [0.4, 0.5) is 5.69 Å². The molecule has 2 aromatic carbocycles. The Morgan fingerprint density at radius 2 is 1.88 bits per heavy atom. The van der Waals surface area contributed by atoms with Gasteiger partial charge in [-0.1, -0.05) is 18.2 Å². The molecule has 0 aliphatic rings. The molecule has 3 aromatic rings. The smallest absolute Gasteiger partial charge is 0.246 e. The second-order valence-electron chi connectivity index (χ2n) is 5.57. The molecular formula is C20H22N2O2. The van der Waals surface area contributed by atoms with Gasteiger partial charge in [-0.25, -0.2) is 0 Å². The first-order chi connectivity index (χ1) is 11.7. The highest BCUT2D eigenvalue weighted by molar-refractivity contribution is 5.94. The van der Waals surface area contributed by atoms with Crippen LogP contribution >= 0.6 is 0 Å². The van der Waals surface area contributed by atoms with Crippen LogP contribution in [0.2, 0.25) is 0 Å². The van der Waals surface area contributed by atoms with Gasteiger partial charge in [0.2, 0.25) is 5.91 Å². The summed E-state index contributed by atoms with van der Waals surface area (Å²) in [5, 5.41) is 1.08. The van der Waals surface area contributed by atoms with Crippen LogP contribution in [0.25, 0.3) is 10.9 Å². The first-order valence-electron chi connectivity index (χ1n) is 8.30. The highest BCUT2D eigenvalue weighted by Crippen LogP contribution is 2.23. The summed E-state index contributed by atoms with van der Waals surface area (Å²) in [5.41, 5.74) is 1.97. The van der Waals surface area contributed by atoms with Crippen LogP contribution in [0.3, 0.4) is 0 Å². The van der Waals surface area contributed by atoms with Gasteiger partial charge in [-0.05, 0) is 50.2 Å². The highest BCUT2D eigenvalue weighted by atomic mass is 16.5. The third-order valence-corrected chi connectivity index (χ3v) is 4.04. The second kappa shape index (κ2) is 7.21. The molecule has 1 heterocycles. The predicted octanol–water partition coefficient (Wildman–Crippen LogP) is 4.09. The number of fused-ring (bicyclic) bond motifs is 1. The van der Waals surface area contributed by atoms with E-state index < -0.39 is 0 Å². The number of benzene rings is 2. The van der Waals surface area contributed by atoms with Gasteiger partial charge in [-0.2, -0.15) is 0 Å². The number of aromatic nitrogens is 1. The van der Waals surface area contributed by atoms with Crippen molar-refractivity contribution in [2.75, 3.05) is 18.1 Å². The zero-order valence-corrected chi connectivity index (χ0v) is 14.1. The number of nitrogens with zero attached hydrogens (tertiary/aromatic N) is 2. The minimum atomic E-state index is 0.0788. The number of carbonyl (C=O) groups is 1. The lowest BCUT2D eigenvalue weighted by molar-refractivity contribution is -0.119. The van der Waals surface area contributed by atoms with Crippen LogP contribution in [0.5, 0.6) is 5.75 Å². The monoisotopic (exact) mass is 322 g/mol. The summed E-state index contributed by atoms with van der Waals surface area (Å²) in [4.78, 5) is 14.5. The molecule has 1 aromatic heterocycles. The van der Waals surface area contributed by atoms with Gasteiger partial charge in [-0.3, -0.25) is 4.79 Å². The number of amides is 1. The molecule has 0 saturated carbocycles. The number of anilines is 1. The fourth-order valence-electron chi connectivity index (χ4n) is 2.91. The Hall–Kier alpha value is -2.75. The van der Waals surface area contributed by atoms with Crippen LogP contribution in [0.1, 0.15) is 13.8 Å². The third-order valence-electron chi connectivity index (χ3n) is 4.04. The van der Waals surface area contributed by atoms with Crippen LogP contribution in [0, 0.1) is 0 Å². The van der Waals surface area contributed by atoms with E-state index in [2.05, 4.69) is 0 Å². The van der Waals surface area contributed by atoms with Gasteiger partial charge in [0.1, 0.15) is 12.3 Å². The summed E-state index contributed by atoms with van der Waals surface area (Å²) >= 11 is 0. The summed E-state index contributed by atoms with van der Waals surface area (Å²) in [5.74, 6) is 0.934. The summed E-state index contributed by atoms with van der Waals surface area (Å²) in [6.45, 7) is 5.58. The lowest BCUT2D eigenvalue weighted by Crippen LogP contribution is -2.33. The Balaban J connectivity index is 1.82. The Kier molecular flexibility index (Phi) is 4.85. The first kappa shape index (κ1) is 16.1. The minimum absolute atomic E-state index is 0.0788. The molecular weight excluding hydrogens is 300 g/mol. The number of hydrogen-bond acceptors (Lipinski definition) is 2. The zero-order valence-electron chi connectivity index (χ0n) is 14.1. The molecule has 24 heavy (non-hydrogen) atoms. The summed E-state index contributed by atoms with van der Waals surface area (Å²) in [7, 11) is 0. The quantitative estimate of drug-likeness (QED) is 0.685. The van der Waals surface area contributed by atoms with E-state index in [0.29, 0.717) is 19.7 Å².